The largest absolute Gasteiger partial charge is 0.324 e. The number of hydrogen-bond acceptors (Lipinski definition) is 1. The third-order valence-corrected chi connectivity index (χ3v) is 2.28. The van der Waals surface area contributed by atoms with Crippen LogP contribution >= 0.6 is 0 Å². The molecule has 0 bridgehead atoms. The second kappa shape index (κ2) is 5.16. The lowest BCUT2D eigenvalue weighted by molar-refractivity contribution is 0.486. The van der Waals surface area contributed by atoms with E-state index in [0.29, 0.717) is 18.6 Å². The molecular weight excluding hydrogens is 203 g/mol. The van der Waals surface area contributed by atoms with Crippen LogP contribution in [0.15, 0.2) is 12.1 Å². The van der Waals surface area contributed by atoms with Crippen LogP contribution in [0.2, 0.25) is 0 Å². The molecule has 1 atom stereocenters. The smallest absolute Gasteiger partial charge is 0.133 e. The van der Waals surface area contributed by atoms with Crippen LogP contribution in [-0.2, 0) is 0 Å². The Hall–Kier alpha value is -1.03. The maximum Gasteiger partial charge on any atom is 0.133 e. The summed E-state index contributed by atoms with van der Waals surface area (Å²) >= 11 is 0. The molecule has 1 nitrogen and oxygen atoms in total. The summed E-state index contributed by atoms with van der Waals surface area (Å²) in [4.78, 5) is 0. The number of halogens is 3. The van der Waals surface area contributed by atoms with Gasteiger partial charge in [-0.05, 0) is 6.42 Å². The van der Waals surface area contributed by atoms with Crippen LogP contribution in [-0.4, -0.2) is 0 Å². The van der Waals surface area contributed by atoms with Crippen LogP contribution < -0.4 is 5.73 Å². The van der Waals surface area contributed by atoms with Crippen LogP contribution in [0.4, 0.5) is 13.2 Å². The number of unbranched alkanes of at least 4 members (excludes halogenated alkanes) is 1. The Bertz CT molecular complexity index is 316. The lowest BCUT2D eigenvalue weighted by Crippen LogP contribution is -2.14. The van der Waals surface area contributed by atoms with Crippen molar-refractivity contribution in [3.63, 3.8) is 0 Å². The van der Waals surface area contributed by atoms with E-state index in [4.69, 9.17) is 5.73 Å². The van der Waals surface area contributed by atoms with Gasteiger partial charge in [0, 0.05) is 23.7 Å². The van der Waals surface area contributed by atoms with E-state index in [1.54, 1.807) is 0 Å². The molecule has 0 unspecified atom stereocenters. The average Bonchev–Trinajstić information content (AvgIpc) is 2.12. The first-order valence-corrected chi connectivity index (χ1v) is 4.96. The number of hydrogen-bond donors (Lipinski definition) is 1. The van der Waals surface area contributed by atoms with Crippen molar-refractivity contribution in [1.29, 1.82) is 0 Å². The molecule has 2 N–H and O–H groups in total. The van der Waals surface area contributed by atoms with Gasteiger partial charge in [0.05, 0.1) is 0 Å². The van der Waals surface area contributed by atoms with Crippen molar-refractivity contribution in [2.45, 2.75) is 32.2 Å². The first-order chi connectivity index (χ1) is 7.06. The molecule has 0 saturated heterocycles. The number of nitrogens with two attached hydrogens (primary N) is 1. The van der Waals surface area contributed by atoms with Gasteiger partial charge in [-0.25, -0.2) is 13.2 Å². The predicted octanol–water partition coefficient (Wildman–Crippen LogP) is 3.29. The second-order valence-electron chi connectivity index (χ2n) is 3.53. The number of rotatable bonds is 4. The van der Waals surface area contributed by atoms with Gasteiger partial charge in [0.2, 0.25) is 0 Å². The van der Waals surface area contributed by atoms with Crippen LogP contribution in [0.25, 0.3) is 0 Å². The zero-order valence-electron chi connectivity index (χ0n) is 8.56. The SMILES string of the molecule is CCCC[C@@H](N)c1c(F)cc(F)cc1F. The average molecular weight is 217 g/mol. The zero-order chi connectivity index (χ0) is 11.4. The van der Waals surface area contributed by atoms with Crippen LogP contribution in [0.1, 0.15) is 37.8 Å². The summed E-state index contributed by atoms with van der Waals surface area (Å²) in [6.07, 6.45) is 2.19. The van der Waals surface area contributed by atoms with E-state index in [1.165, 1.54) is 0 Å². The molecule has 0 saturated carbocycles. The quantitative estimate of drug-likeness (QED) is 0.822. The Kier molecular flexibility index (Phi) is 4.15. The van der Waals surface area contributed by atoms with E-state index in [0.717, 1.165) is 12.8 Å². The van der Waals surface area contributed by atoms with Gasteiger partial charge in [-0.15, -0.1) is 0 Å². The van der Waals surface area contributed by atoms with E-state index < -0.39 is 23.5 Å². The lowest BCUT2D eigenvalue weighted by atomic mass is 10.0. The first-order valence-electron chi connectivity index (χ1n) is 4.96. The molecule has 4 heteroatoms. The summed E-state index contributed by atoms with van der Waals surface area (Å²) in [6.45, 7) is 1.96. The third kappa shape index (κ3) is 2.96. The highest BCUT2D eigenvalue weighted by Crippen LogP contribution is 2.23. The van der Waals surface area contributed by atoms with Gasteiger partial charge >= 0.3 is 0 Å². The van der Waals surface area contributed by atoms with Crippen molar-refractivity contribution >= 4 is 0 Å². The molecule has 0 aliphatic rings. The standard InChI is InChI=1S/C11H14F3N/c1-2-3-4-10(15)11-8(13)5-7(12)6-9(11)14/h5-6,10H,2-4,15H2,1H3/t10-/m1/s1. The molecule has 1 aromatic rings. The topological polar surface area (TPSA) is 26.0 Å². The highest BCUT2D eigenvalue weighted by Gasteiger charge is 2.17. The Labute approximate surface area is 87.1 Å². The van der Waals surface area contributed by atoms with E-state index in [1.807, 2.05) is 6.92 Å². The highest BCUT2D eigenvalue weighted by atomic mass is 19.1. The molecule has 1 aromatic carbocycles. The van der Waals surface area contributed by atoms with Gasteiger partial charge in [-0.2, -0.15) is 0 Å². The van der Waals surface area contributed by atoms with E-state index in [9.17, 15) is 13.2 Å². The molecule has 0 fully saturated rings. The van der Waals surface area contributed by atoms with Crippen molar-refractivity contribution in [2.75, 3.05) is 0 Å². The predicted molar refractivity (Wildman–Crippen MR) is 52.8 cm³/mol. The summed E-state index contributed by atoms with van der Waals surface area (Å²) in [5.74, 6) is -2.73. The van der Waals surface area contributed by atoms with Gasteiger partial charge < -0.3 is 5.73 Å². The van der Waals surface area contributed by atoms with Crippen LogP contribution in [0.5, 0.6) is 0 Å². The summed E-state index contributed by atoms with van der Waals surface area (Å²) in [7, 11) is 0. The fraction of sp³-hybridized carbons (Fsp3) is 0.455. The molecule has 0 aliphatic heterocycles. The number of benzene rings is 1. The van der Waals surface area contributed by atoms with Crippen molar-refractivity contribution in [3.8, 4) is 0 Å². The second-order valence-corrected chi connectivity index (χ2v) is 3.53. The molecule has 0 amide bonds. The minimum Gasteiger partial charge on any atom is -0.324 e. The van der Waals surface area contributed by atoms with Crippen LogP contribution in [0, 0.1) is 17.5 Å². The minimum atomic E-state index is -0.920. The Morgan fingerprint density at radius 1 is 1.20 bits per heavy atom. The molecule has 0 spiro atoms. The first kappa shape index (κ1) is 12.0. The fourth-order valence-corrected chi connectivity index (χ4v) is 1.48. The zero-order valence-corrected chi connectivity index (χ0v) is 8.56. The molecule has 0 heterocycles. The lowest BCUT2D eigenvalue weighted by Gasteiger charge is -2.13. The molecule has 1 rings (SSSR count). The minimum absolute atomic E-state index is 0.218. The Balaban J connectivity index is 2.92. The van der Waals surface area contributed by atoms with Gasteiger partial charge in [0.25, 0.3) is 0 Å². The summed E-state index contributed by atoms with van der Waals surface area (Å²) < 4.78 is 39.1. The Morgan fingerprint density at radius 2 is 1.73 bits per heavy atom. The highest BCUT2D eigenvalue weighted by molar-refractivity contribution is 5.23. The molecule has 15 heavy (non-hydrogen) atoms. The maximum absolute atomic E-state index is 13.2. The fourth-order valence-electron chi connectivity index (χ4n) is 1.48. The van der Waals surface area contributed by atoms with Gasteiger partial charge in [-0.1, -0.05) is 19.8 Å². The summed E-state index contributed by atoms with van der Waals surface area (Å²) in [6, 6.07) is 0.611. The molecule has 0 radical (unpaired) electrons. The summed E-state index contributed by atoms with van der Waals surface area (Å²) in [5.41, 5.74) is 5.41. The summed E-state index contributed by atoms with van der Waals surface area (Å²) in [5, 5.41) is 0. The monoisotopic (exact) mass is 217 g/mol. The van der Waals surface area contributed by atoms with E-state index in [-0.39, 0.29) is 5.56 Å². The Morgan fingerprint density at radius 3 is 2.20 bits per heavy atom. The van der Waals surface area contributed by atoms with Crippen molar-refractivity contribution in [3.05, 3.63) is 35.1 Å². The molecule has 0 aromatic heterocycles. The van der Waals surface area contributed by atoms with E-state index in [2.05, 4.69) is 0 Å². The van der Waals surface area contributed by atoms with Gasteiger partial charge in [0.1, 0.15) is 17.5 Å². The third-order valence-electron chi connectivity index (χ3n) is 2.28. The molecular formula is C11H14F3N. The van der Waals surface area contributed by atoms with E-state index >= 15 is 0 Å². The van der Waals surface area contributed by atoms with Crippen molar-refractivity contribution in [2.24, 2.45) is 5.73 Å². The normalized spacial score (nSPS) is 12.9. The van der Waals surface area contributed by atoms with Crippen molar-refractivity contribution in [1.82, 2.24) is 0 Å². The van der Waals surface area contributed by atoms with Crippen molar-refractivity contribution < 1.29 is 13.2 Å². The van der Waals surface area contributed by atoms with Gasteiger partial charge in [-0.3, -0.25) is 0 Å². The molecule has 84 valence electrons. The van der Waals surface area contributed by atoms with Crippen LogP contribution in [0.3, 0.4) is 0 Å². The van der Waals surface area contributed by atoms with Gasteiger partial charge in [0.15, 0.2) is 0 Å². The molecule has 0 aliphatic carbocycles. The maximum atomic E-state index is 13.2.